The first kappa shape index (κ1) is 26.9. The molecule has 1 saturated carbocycles. The van der Waals surface area contributed by atoms with Crippen molar-refractivity contribution in [3.8, 4) is 5.75 Å². The third-order valence-corrected chi connectivity index (χ3v) is 6.46. The Balaban J connectivity index is 1.21. The van der Waals surface area contributed by atoms with Crippen LogP contribution in [0.4, 0.5) is 11.4 Å². The van der Waals surface area contributed by atoms with Crippen LogP contribution in [0.15, 0.2) is 66.7 Å². The van der Waals surface area contributed by atoms with E-state index in [1.807, 2.05) is 17.0 Å². The van der Waals surface area contributed by atoms with Crippen molar-refractivity contribution in [1.82, 2.24) is 4.90 Å². The van der Waals surface area contributed by atoms with E-state index in [1.54, 1.807) is 75.4 Å². The number of anilines is 2. The molecule has 0 aromatic heterocycles. The normalized spacial score (nSPS) is 14.3. The number of rotatable bonds is 7. The van der Waals surface area contributed by atoms with Crippen molar-refractivity contribution in [1.29, 1.82) is 0 Å². The summed E-state index contributed by atoms with van der Waals surface area (Å²) in [7, 11) is 0. The van der Waals surface area contributed by atoms with Gasteiger partial charge in [0.1, 0.15) is 11.4 Å². The van der Waals surface area contributed by atoms with Crippen LogP contribution in [0.2, 0.25) is 0 Å². The quantitative estimate of drug-likeness (QED) is 0.406. The molecule has 9 heteroatoms. The number of nitrogens with zero attached hydrogens (tertiary/aromatic N) is 1. The van der Waals surface area contributed by atoms with Crippen LogP contribution < -0.4 is 15.4 Å². The summed E-state index contributed by atoms with van der Waals surface area (Å²) in [5.41, 5.74) is 2.80. The molecule has 0 saturated heterocycles. The molecule has 1 aliphatic heterocycles. The number of hydrogen-bond acceptors (Lipinski definition) is 6. The average Bonchev–Trinajstić information content (AvgIpc) is 3.76. The van der Waals surface area contributed by atoms with Gasteiger partial charge in [-0.15, -0.1) is 0 Å². The number of esters is 1. The smallest absolute Gasteiger partial charge is 0.338 e. The summed E-state index contributed by atoms with van der Waals surface area (Å²) < 4.78 is 10.8. The Labute approximate surface area is 232 Å². The Bertz CT molecular complexity index is 1450. The van der Waals surface area contributed by atoms with Gasteiger partial charge in [-0.1, -0.05) is 12.1 Å². The van der Waals surface area contributed by atoms with E-state index in [9.17, 15) is 19.2 Å². The third kappa shape index (κ3) is 6.48. The van der Waals surface area contributed by atoms with Gasteiger partial charge in [0, 0.05) is 29.4 Å². The topological polar surface area (TPSA) is 114 Å². The fourth-order valence-electron chi connectivity index (χ4n) is 4.31. The Hall–Kier alpha value is -4.66. The minimum atomic E-state index is -0.588. The van der Waals surface area contributed by atoms with Gasteiger partial charge in [-0.3, -0.25) is 14.4 Å². The second-order valence-electron chi connectivity index (χ2n) is 10.9. The summed E-state index contributed by atoms with van der Waals surface area (Å²) in [6.07, 6.45) is 1.88. The lowest BCUT2D eigenvalue weighted by Crippen LogP contribution is -2.33. The maximum Gasteiger partial charge on any atom is 0.338 e. The highest BCUT2D eigenvalue weighted by molar-refractivity contribution is 6.04. The molecule has 1 heterocycles. The monoisotopic (exact) mass is 541 g/mol. The summed E-state index contributed by atoms with van der Waals surface area (Å²) in [5, 5.41) is 5.57. The Kier molecular flexibility index (Phi) is 7.30. The molecular formula is C31H31N3O6. The maximum atomic E-state index is 13.4. The van der Waals surface area contributed by atoms with Crippen molar-refractivity contribution >= 4 is 35.1 Å². The van der Waals surface area contributed by atoms with Crippen LogP contribution in [0.3, 0.4) is 0 Å². The molecule has 1 aliphatic carbocycles. The zero-order chi connectivity index (χ0) is 28.4. The van der Waals surface area contributed by atoms with E-state index in [0.717, 1.165) is 18.4 Å². The second kappa shape index (κ2) is 10.8. The van der Waals surface area contributed by atoms with Gasteiger partial charge in [0.05, 0.1) is 11.3 Å². The van der Waals surface area contributed by atoms with E-state index in [2.05, 4.69) is 10.6 Å². The molecule has 0 bridgehead atoms. The lowest BCUT2D eigenvalue weighted by Gasteiger charge is -2.24. The van der Waals surface area contributed by atoms with Crippen LogP contribution in [0, 0.1) is 0 Å². The third-order valence-electron chi connectivity index (χ3n) is 6.46. The standard InChI is InChI=1S/C31H31N3O6/c1-31(2,3)40-30(38)21-8-11-23(12-9-21)32-28(36)20-6-4-19(5-7-20)17-34(24-13-14-24)29(37)22-10-15-25-26(16-22)39-18-27(35)33-25/h4-12,15-16,24H,13-14,17-18H2,1-3H3,(H,32,36)(H,33,35). The van der Waals surface area contributed by atoms with Gasteiger partial charge in [-0.05, 0) is 93.8 Å². The molecular weight excluding hydrogens is 510 g/mol. The number of nitrogens with one attached hydrogen (secondary N) is 2. The van der Waals surface area contributed by atoms with Crippen molar-refractivity contribution in [2.75, 3.05) is 17.2 Å². The summed E-state index contributed by atoms with van der Waals surface area (Å²) >= 11 is 0. The first-order valence-electron chi connectivity index (χ1n) is 13.2. The number of amides is 3. The highest BCUT2D eigenvalue weighted by Crippen LogP contribution is 2.33. The van der Waals surface area contributed by atoms with E-state index < -0.39 is 11.6 Å². The highest BCUT2D eigenvalue weighted by Gasteiger charge is 2.33. The van der Waals surface area contributed by atoms with Crippen LogP contribution in [0.1, 0.15) is 70.3 Å². The Morgan fingerprint density at radius 3 is 2.25 bits per heavy atom. The molecule has 3 aromatic carbocycles. The molecule has 9 nitrogen and oxygen atoms in total. The summed E-state index contributed by atoms with van der Waals surface area (Å²) in [4.78, 5) is 51.8. The zero-order valence-corrected chi connectivity index (χ0v) is 22.7. The first-order chi connectivity index (χ1) is 19.1. The fourth-order valence-corrected chi connectivity index (χ4v) is 4.31. The lowest BCUT2D eigenvalue weighted by molar-refractivity contribution is -0.118. The largest absolute Gasteiger partial charge is 0.482 e. The molecule has 2 aliphatic rings. The highest BCUT2D eigenvalue weighted by atomic mass is 16.6. The molecule has 206 valence electrons. The van der Waals surface area contributed by atoms with Crippen molar-refractivity contribution < 1.29 is 28.7 Å². The van der Waals surface area contributed by atoms with Gasteiger partial charge < -0.3 is 25.0 Å². The Morgan fingerprint density at radius 1 is 0.950 bits per heavy atom. The van der Waals surface area contributed by atoms with Gasteiger partial charge in [-0.25, -0.2) is 4.79 Å². The van der Waals surface area contributed by atoms with E-state index in [1.165, 1.54) is 0 Å². The second-order valence-corrected chi connectivity index (χ2v) is 10.9. The number of hydrogen-bond donors (Lipinski definition) is 2. The molecule has 0 radical (unpaired) electrons. The number of fused-ring (bicyclic) bond motifs is 1. The average molecular weight is 542 g/mol. The van der Waals surface area contributed by atoms with Crippen molar-refractivity contribution in [3.63, 3.8) is 0 Å². The van der Waals surface area contributed by atoms with E-state index in [0.29, 0.717) is 40.4 Å². The fraction of sp³-hybridized carbons (Fsp3) is 0.290. The molecule has 5 rings (SSSR count). The van der Waals surface area contributed by atoms with Gasteiger partial charge in [0.15, 0.2) is 6.61 Å². The molecule has 40 heavy (non-hydrogen) atoms. The predicted molar refractivity (Wildman–Crippen MR) is 149 cm³/mol. The van der Waals surface area contributed by atoms with Crippen LogP contribution in [-0.4, -0.2) is 46.8 Å². The summed E-state index contributed by atoms with van der Waals surface area (Å²) in [6, 6.07) is 18.9. The number of benzene rings is 3. The van der Waals surface area contributed by atoms with Gasteiger partial charge in [0.25, 0.3) is 17.7 Å². The predicted octanol–water partition coefficient (Wildman–Crippen LogP) is 5.03. The minimum Gasteiger partial charge on any atom is -0.482 e. The van der Waals surface area contributed by atoms with Crippen molar-refractivity contribution in [2.45, 2.75) is 51.8 Å². The summed E-state index contributed by atoms with van der Waals surface area (Å²) in [5.74, 6) is -0.557. The van der Waals surface area contributed by atoms with Crippen molar-refractivity contribution in [3.05, 3.63) is 89.0 Å². The number of carbonyl (C=O) groups is 4. The first-order valence-corrected chi connectivity index (χ1v) is 13.2. The van der Waals surface area contributed by atoms with E-state index >= 15 is 0 Å². The van der Waals surface area contributed by atoms with Gasteiger partial charge in [0.2, 0.25) is 0 Å². The maximum absolute atomic E-state index is 13.4. The van der Waals surface area contributed by atoms with Crippen LogP contribution in [-0.2, 0) is 16.1 Å². The van der Waals surface area contributed by atoms with E-state index in [4.69, 9.17) is 9.47 Å². The van der Waals surface area contributed by atoms with Crippen LogP contribution in [0.25, 0.3) is 0 Å². The molecule has 0 spiro atoms. The molecule has 0 atom stereocenters. The molecule has 3 amide bonds. The van der Waals surface area contributed by atoms with Gasteiger partial charge in [-0.2, -0.15) is 0 Å². The zero-order valence-electron chi connectivity index (χ0n) is 22.7. The molecule has 3 aromatic rings. The lowest BCUT2D eigenvalue weighted by atomic mass is 10.1. The van der Waals surface area contributed by atoms with E-state index in [-0.39, 0.29) is 30.4 Å². The summed E-state index contributed by atoms with van der Waals surface area (Å²) in [6.45, 7) is 5.75. The molecule has 1 fully saturated rings. The minimum absolute atomic E-state index is 0.0751. The van der Waals surface area contributed by atoms with Crippen LogP contribution in [0.5, 0.6) is 5.75 Å². The SMILES string of the molecule is CC(C)(C)OC(=O)c1ccc(NC(=O)c2ccc(CN(C(=O)c3ccc4c(c3)OCC(=O)N4)C3CC3)cc2)cc1. The number of carbonyl (C=O) groups excluding carboxylic acids is 4. The molecule has 2 N–H and O–H groups in total. The molecule has 0 unspecified atom stereocenters. The number of ether oxygens (including phenoxy) is 2. The Morgan fingerprint density at radius 2 is 1.60 bits per heavy atom. The van der Waals surface area contributed by atoms with Crippen molar-refractivity contribution in [2.24, 2.45) is 0 Å². The van der Waals surface area contributed by atoms with Crippen LogP contribution >= 0.6 is 0 Å². The van der Waals surface area contributed by atoms with Gasteiger partial charge >= 0.3 is 5.97 Å².